The Kier molecular flexibility index (Phi) is 4.37. The number of aromatic nitrogens is 2. The van der Waals surface area contributed by atoms with Gasteiger partial charge in [0.2, 0.25) is 0 Å². The molecule has 0 radical (unpaired) electrons. The van der Waals surface area contributed by atoms with E-state index in [4.69, 9.17) is 0 Å². The van der Waals surface area contributed by atoms with Gasteiger partial charge in [-0.05, 0) is 24.4 Å². The van der Waals surface area contributed by atoms with Gasteiger partial charge in [-0.1, -0.05) is 24.8 Å². The molecule has 90 valence electrons. The molecule has 0 saturated heterocycles. The fourth-order valence-corrected chi connectivity index (χ4v) is 1.66. The molecule has 2 N–H and O–H groups in total. The van der Waals surface area contributed by atoms with Crippen LogP contribution in [-0.4, -0.2) is 32.7 Å². The third kappa shape index (κ3) is 3.24. The Balaban J connectivity index is 2.48. The van der Waals surface area contributed by atoms with Gasteiger partial charge < -0.3 is 10.4 Å². The lowest BCUT2D eigenvalue weighted by molar-refractivity contribution is 0.00588. The Morgan fingerprint density at radius 3 is 2.94 bits per heavy atom. The normalized spacial score (nSPS) is 16.5. The van der Waals surface area contributed by atoms with Crippen LogP contribution in [0.2, 0.25) is 0 Å². The van der Waals surface area contributed by atoms with Crippen molar-refractivity contribution in [3.63, 3.8) is 0 Å². The van der Waals surface area contributed by atoms with Crippen molar-refractivity contribution in [3.8, 4) is 0 Å². The molecule has 2 unspecified atom stereocenters. The summed E-state index contributed by atoms with van der Waals surface area (Å²) in [6.45, 7) is 5.90. The third-order valence-corrected chi connectivity index (χ3v) is 3.38. The highest BCUT2D eigenvalue weighted by molar-refractivity contribution is 7.03. The molecule has 0 aliphatic carbocycles. The van der Waals surface area contributed by atoms with E-state index in [9.17, 15) is 9.90 Å². The fourth-order valence-electron chi connectivity index (χ4n) is 1.23. The van der Waals surface area contributed by atoms with Crippen LogP contribution in [0.4, 0.5) is 0 Å². The highest BCUT2D eigenvalue weighted by Gasteiger charge is 2.27. The number of nitrogens with one attached hydrogen (secondary N) is 1. The van der Waals surface area contributed by atoms with Gasteiger partial charge in [0, 0.05) is 11.9 Å². The third-order valence-electron chi connectivity index (χ3n) is 2.87. The minimum Gasteiger partial charge on any atom is -0.388 e. The number of rotatable bonds is 5. The van der Waals surface area contributed by atoms with Crippen molar-refractivity contribution >= 4 is 17.4 Å². The zero-order valence-electron chi connectivity index (χ0n) is 9.73. The Morgan fingerprint density at radius 2 is 2.44 bits per heavy atom. The SMILES string of the molecule is CCC(C)C(C)(O)CNC(=O)c1csnn1. The second-order valence-corrected chi connectivity index (χ2v) is 4.75. The van der Waals surface area contributed by atoms with E-state index in [0.717, 1.165) is 18.0 Å². The molecule has 16 heavy (non-hydrogen) atoms. The molecule has 0 aliphatic heterocycles. The summed E-state index contributed by atoms with van der Waals surface area (Å²) in [5.41, 5.74) is -0.599. The minimum atomic E-state index is -0.895. The monoisotopic (exact) mass is 243 g/mol. The number of hydrogen-bond donors (Lipinski definition) is 2. The average Bonchev–Trinajstić information content (AvgIpc) is 2.78. The Hall–Kier alpha value is -1.01. The smallest absolute Gasteiger partial charge is 0.272 e. The van der Waals surface area contributed by atoms with E-state index in [0.29, 0.717) is 5.69 Å². The van der Waals surface area contributed by atoms with Gasteiger partial charge in [-0.25, -0.2) is 0 Å². The van der Waals surface area contributed by atoms with Crippen LogP contribution in [0.3, 0.4) is 0 Å². The first-order valence-corrected chi connectivity index (χ1v) is 6.08. The molecule has 1 aromatic rings. The summed E-state index contributed by atoms with van der Waals surface area (Å²) in [6, 6.07) is 0. The molecule has 2 atom stereocenters. The van der Waals surface area contributed by atoms with E-state index in [1.165, 1.54) is 0 Å². The van der Waals surface area contributed by atoms with Crippen molar-refractivity contribution < 1.29 is 9.90 Å². The lowest BCUT2D eigenvalue weighted by atomic mass is 9.88. The van der Waals surface area contributed by atoms with E-state index in [2.05, 4.69) is 14.9 Å². The Morgan fingerprint density at radius 1 is 1.75 bits per heavy atom. The summed E-state index contributed by atoms with van der Waals surface area (Å²) in [4.78, 5) is 11.5. The van der Waals surface area contributed by atoms with Crippen LogP contribution >= 0.6 is 11.5 Å². The van der Waals surface area contributed by atoms with Crippen molar-refractivity contribution in [2.75, 3.05) is 6.54 Å². The van der Waals surface area contributed by atoms with E-state index in [-0.39, 0.29) is 18.4 Å². The maximum Gasteiger partial charge on any atom is 0.272 e. The number of aliphatic hydroxyl groups is 1. The lowest BCUT2D eigenvalue weighted by Gasteiger charge is -2.29. The number of nitrogens with zero attached hydrogens (tertiary/aromatic N) is 2. The van der Waals surface area contributed by atoms with Crippen LogP contribution in [0.1, 0.15) is 37.7 Å². The summed E-state index contributed by atoms with van der Waals surface area (Å²) >= 11 is 1.13. The number of hydrogen-bond acceptors (Lipinski definition) is 5. The summed E-state index contributed by atoms with van der Waals surface area (Å²) in [5.74, 6) is -0.168. The van der Waals surface area contributed by atoms with Crippen molar-refractivity contribution in [2.45, 2.75) is 32.8 Å². The largest absolute Gasteiger partial charge is 0.388 e. The van der Waals surface area contributed by atoms with Gasteiger partial charge in [-0.15, -0.1) is 5.10 Å². The Labute approximate surface area is 99.0 Å². The van der Waals surface area contributed by atoms with E-state index < -0.39 is 5.60 Å². The van der Waals surface area contributed by atoms with E-state index >= 15 is 0 Å². The molecule has 6 heteroatoms. The summed E-state index contributed by atoms with van der Waals surface area (Å²) in [6.07, 6.45) is 0.862. The van der Waals surface area contributed by atoms with Crippen LogP contribution in [0, 0.1) is 5.92 Å². The molecule has 1 amide bonds. The van der Waals surface area contributed by atoms with Crippen LogP contribution in [0.15, 0.2) is 5.38 Å². The second-order valence-electron chi connectivity index (χ2n) is 4.14. The highest BCUT2D eigenvalue weighted by Crippen LogP contribution is 2.18. The predicted molar refractivity (Wildman–Crippen MR) is 62.3 cm³/mol. The molecular weight excluding hydrogens is 226 g/mol. The minimum absolute atomic E-state index is 0.126. The standard InChI is InChI=1S/C10H17N3O2S/c1-4-7(2)10(3,15)6-11-9(14)8-5-16-13-12-8/h5,7,15H,4,6H2,1-3H3,(H,11,14). The van der Waals surface area contributed by atoms with Crippen LogP contribution < -0.4 is 5.32 Å². The molecule has 0 aromatic carbocycles. The molecule has 0 saturated carbocycles. The molecule has 5 nitrogen and oxygen atoms in total. The van der Waals surface area contributed by atoms with Crippen molar-refractivity contribution in [3.05, 3.63) is 11.1 Å². The zero-order valence-corrected chi connectivity index (χ0v) is 10.5. The van der Waals surface area contributed by atoms with Crippen LogP contribution in [-0.2, 0) is 0 Å². The first-order chi connectivity index (χ1) is 7.47. The maximum atomic E-state index is 11.5. The summed E-state index contributed by atoms with van der Waals surface area (Å²) < 4.78 is 3.61. The fraction of sp³-hybridized carbons (Fsp3) is 0.700. The molecule has 0 bridgehead atoms. The van der Waals surface area contributed by atoms with Crippen LogP contribution in [0.5, 0.6) is 0 Å². The molecule has 0 aliphatic rings. The maximum absolute atomic E-state index is 11.5. The number of amides is 1. The van der Waals surface area contributed by atoms with E-state index in [1.54, 1.807) is 12.3 Å². The van der Waals surface area contributed by atoms with Crippen molar-refractivity contribution in [1.82, 2.24) is 14.9 Å². The van der Waals surface area contributed by atoms with Gasteiger partial charge in [0.1, 0.15) is 0 Å². The molecule has 0 spiro atoms. The van der Waals surface area contributed by atoms with Gasteiger partial charge in [-0.3, -0.25) is 4.79 Å². The van der Waals surface area contributed by atoms with Crippen molar-refractivity contribution in [1.29, 1.82) is 0 Å². The van der Waals surface area contributed by atoms with Gasteiger partial charge in [-0.2, -0.15) is 0 Å². The lowest BCUT2D eigenvalue weighted by Crippen LogP contribution is -2.45. The summed E-state index contributed by atoms with van der Waals surface area (Å²) in [5, 5.41) is 18.0. The predicted octanol–water partition coefficient (Wildman–Crippen LogP) is 1.06. The molecule has 1 aromatic heterocycles. The molecule has 0 fully saturated rings. The number of carbonyl (C=O) groups is 1. The summed E-state index contributed by atoms with van der Waals surface area (Å²) in [7, 11) is 0. The molecule has 1 rings (SSSR count). The topological polar surface area (TPSA) is 75.1 Å². The second kappa shape index (κ2) is 5.36. The zero-order chi connectivity index (χ0) is 12.2. The molecule has 1 heterocycles. The van der Waals surface area contributed by atoms with Gasteiger partial charge in [0.05, 0.1) is 5.60 Å². The first kappa shape index (κ1) is 13.1. The van der Waals surface area contributed by atoms with Crippen LogP contribution in [0.25, 0.3) is 0 Å². The van der Waals surface area contributed by atoms with Gasteiger partial charge >= 0.3 is 0 Å². The average molecular weight is 243 g/mol. The highest BCUT2D eigenvalue weighted by atomic mass is 32.1. The molecular formula is C10H17N3O2S. The quantitative estimate of drug-likeness (QED) is 0.811. The first-order valence-electron chi connectivity index (χ1n) is 5.25. The van der Waals surface area contributed by atoms with Gasteiger partial charge in [0.15, 0.2) is 5.69 Å². The van der Waals surface area contributed by atoms with E-state index in [1.807, 2.05) is 13.8 Å². The van der Waals surface area contributed by atoms with Gasteiger partial charge in [0.25, 0.3) is 5.91 Å². The Bertz CT molecular complexity index is 338. The van der Waals surface area contributed by atoms with Crippen molar-refractivity contribution in [2.24, 2.45) is 5.92 Å². The number of carbonyl (C=O) groups excluding carboxylic acids is 1.